The number of hydrogen-bond acceptors (Lipinski definition) is 0. The van der Waals surface area contributed by atoms with E-state index in [1.165, 1.54) is 0 Å². The van der Waals surface area contributed by atoms with Gasteiger partial charge in [-0.2, -0.15) is 0 Å². The van der Waals surface area contributed by atoms with Gasteiger partial charge in [0.15, 0.2) is 0 Å². The van der Waals surface area contributed by atoms with Crippen molar-refractivity contribution in [2.75, 3.05) is 0 Å². The van der Waals surface area contributed by atoms with Gasteiger partial charge in [0.05, 0.1) is 0 Å². The fraction of sp³-hybridized carbons (Fsp3) is 0.462. The average Bonchev–Trinajstić information content (AvgIpc) is 2.57. The molecule has 0 spiro atoms. The molecule has 1 aromatic carbocycles. The maximum atomic E-state index is 3.80. The summed E-state index contributed by atoms with van der Waals surface area (Å²) >= 11 is 0. The molecule has 28 heavy (non-hydrogen) atoms. The lowest BCUT2D eigenvalue weighted by Crippen LogP contribution is -2.43. The highest BCUT2D eigenvalue weighted by Crippen LogP contribution is 2.40. The second kappa shape index (κ2) is 10.6. The molecule has 0 atom stereocenters. The molecule has 0 saturated carbocycles. The lowest BCUT2D eigenvalue weighted by Gasteiger charge is -2.38. The molecule has 0 radical (unpaired) electrons. The molecule has 148 valence electrons. The first-order valence-corrected chi connectivity index (χ1v) is 16.1. The van der Waals surface area contributed by atoms with Crippen molar-refractivity contribution in [3.63, 3.8) is 0 Å². The van der Waals surface area contributed by atoms with Gasteiger partial charge in [-0.05, 0) is 40.9 Å². The van der Waals surface area contributed by atoms with Crippen molar-refractivity contribution in [2.45, 2.75) is 77.8 Å². The Balaban J connectivity index is 3.22. The quantitative estimate of drug-likeness (QED) is 0.374. The zero-order valence-electron chi connectivity index (χ0n) is 19.2. The summed E-state index contributed by atoms with van der Waals surface area (Å²) in [5.41, 5.74) is 11.0. The van der Waals surface area contributed by atoms with Crippen LogP contribution < -0.4 is 0 Å². The van der Waals surface area contributed by atoms with Crippen LogP contribution >= 0.6 is 0 Å². The molecule has 0 aliphatic rings. The zero-order valence-corrected chi connectivity index (χ0v) is 21.2. The highest BCUT2D eigenvalue weighted by molar-refractivity contribution is 6.90. The van der Waals surface area contributed by atoms with Gasteiger partial charge in [-0.1, -0.05) is 97.0 Å². The van der Waals surface area contributed by atoms with E-state index in [-0.39, 0.29) is 0 Å². The molecule has 0 nitrogen and oxygen atoms in total. The minimum Gasteiger partial charge on any atom is -0.127 e. The average molecular weight is 405 g/mol. The first-order chi connectivity index (χ1) is 13.0. The van der Waals surface area contributed by atoms with Gasteiger partial charge >= 0.3 is 0 Å². The fourth-order valence-corrected chi connectivity index (χ4v) is 9.50. The van der Waals surface area contributed by atoms with E-state index in [0.717, 1.165) is 11.1 Å². The van der Waals surface area contributed by atoms with Gasteiger partial charge < -0.3 is 0 Å². The Morgan fingerprint density at radius 1 is 0.679 bits per heavy atom. The first kappa shape index (κ1) is 24.1. The summed E-state index contributed by atoms with van der Waals surface area (Å²) < 4.78 is 0. The molecule has 0 fully saturated rings. The van der Waals surface area contributed by atoms with E-state index in [1.807, 2.05) is 24.3 Å². The van der Waals surface area contributed by atoms with Crippen molar-refractivity contribution < 1.29 is 0 Å². The van der Waals surface area contributed by atoms with Crippen molar-refractivity contribution in [3.05, 3.63) is 47.5 Å². The molecular formula is C26H36Si2. The van der Waals surface area contributed by atoms with Crippen molar-refractivity contribution in [2.24, 2.45) is 0 Å². The van der Waals surface area contributed by atoms with E-state index < -0.39 is 16.1 Å². The highest BCUT2D eigenvalue weighted by Gasteiger charge is 2.41. The number of benzene rings is 1. The summed E-state index contributed by atoms with van der Waals surface area (Å²) in [6.07, 6.45) is 3.69. The molecule has 0 saturated heterocycles. The predicted molar refractivity (Wildman–Crippen MR) is 132 cm³/mol. The van der Waals surface area contributed by atoms with E-state index >= 15 is 0 Å². The third-order valence-electron chi connectivity index (χ3n) is 5.11. The third kappa shape index (κ3) is 6.91. The van der Waals surface area contributed by atoms with Crippen LogP contribution in [0.25, 0.3) is 0 Å². The largest absolute Gasteiger partial charge is 0.146 e. The third-order valence-corrected chi connectivity index (χ3v) is 12.3. The molecule has 0 bridgehead atoms. The van der Waals surface area contributed by atoms with Crippen LogP contribution in [0, 0.1) is 34.8 Å². The molecule has 0 aliphatic carbocycles. The topological polar surface area (TPSA) is 0 Å². The van der Waals surface area contributed by atoms with Crippen molar-refractivity contribution in [1.82, 2.24) is 0 Å². The van der Waals surface area contributed by atoms with Gasteiger partial charge in [0, 0.05) is 11.1 Å². The van der Waals surface area contributed by atoms with Gasteiger partial charge in [-0.3, -0.25) is 0 Å². The molecule has 2 heteroatoms. The number of hydrogen-bond donors (Lipinski definition) is 0. The number of rotatable bonds is 3. The number of allylic oxidation sites excluding steroid dienone is 2. The Kier molecular flexibility index (Phi) is 9.10. The van der Waals surface area contributed by atoms with Gasteiger partial charge in [-0.15, -0.1) is 11.1 Å². The smallest absolute Gasteiger partial charge is 0.127 e. The minimum atomic E-state index is -1.74. The molecule has 0 unspecified atom stereocenters. The van der Waals surface area contributed by atoms with E-state index in [1.54, 1.807) is 0 Å². The van der Waals surface area contributed by atoms with Gasteiger partial charge in [-0.25, -0.2) is 0 Å². The van der Waals surface area contributed by atoms with Gasteiger partial charge in [0.2, 0.25) is 0 Å². The highest BCUT2D eigenvalue weighted by atomic mass is 28.3. The van der Waals surface area contributed by atoms with E-state index in [9.17, 15) is 0 Å². The standard InChI is InChI=1S/C26H36Si2/c1-22(2)28(23(3)4,24(5)6)21-19-26-18-14-13-17-25(26)16-12-10-11-15-20-27(7,8)9/h10-11,13-14,17-18,22-24H,1-9H3/b11-10+. The molecule has 0 heterocycles. The van der Waals surface area contributed by atoms with Crippen LogP contribution in [-0.2, 0) is 0 Å². The van der Waals surface area contributed by atoms with Crippen LogP contribution in [-0.4, -0.2) is 16.1 Å². The lowest BCUT2D eigenvalue weighted by atomic mass is 10.1. The second-order valence-electron chi connectivity index (χ2n) is 9.31. The SMILES string of the molecule is CC(C)[Si](C#Cc1ccccc1C#C/C=C/C#C[Si](C)(C)C)(C(C)C)C(C)C. The molecular weight excluding hydrogens is 368 g/mol. The lowest BCUT2D eigenvalue weighted by molar-refractivity contribution is 0.838. The molecule has 1 rings (SSSR count). The minimum absolute atomic E-state index is 0.631. The van der Waals surface area contributed by atoms with Crippen molar-refractivity contribution in [3.8, 4) is 34.8 Å². The molecule has 0 aromatic heterocycles. The van der Waals surface area contributed by atoms with Crippen molar-refractivity contribution in [1.29, 1.82) is 0 Å². The summed E-state index contributed by atoms with van der Waals surface area (Å²) in [6, 6.07) is 8.23. The summed E-state index contributed by atoms with van der Waals surface area (Å²) in [4.78, 5) is 0. The predicted octanol–water partition coefficient (Wildman–Crippen LogP) is 7.04. The summed E-state index contributed by atoms with van der Waals surface area (Å²) in [6.45, 7) is 20.8. The van der Waals surface area contributed by atoms with E-state index in [0.29, 0.717) is 16.6 Å². The maximum absolute atomic E-state index is 3.80. The Morgan fingerprint density at radius 2 is 1.14 bits per heavy atom. The summed E-state index contributed by atoms with van der Waals surface area (Å²) in [5, 5.41) is 0. The van der Waals surface area contributed by atoms with Gasteiger partial charge in [0.25, 0.3) is 0 Å². The van der Waals surface area contributed by atoms with Crippen LogP contribution in [0.5, 0.6) is 0 Å². The zero-order chi connectivity index (χ0) is 21.4. The normalized spacial score (nSPS) is 11.7. The Hall–Kier alpha value is -1.93. The van der Waals surface area contributed by atoms with E-state index in [4.69, 9.17) is 0 Å². The van der Waals surface area contributed by atoms with Crippen LogP contribution in [0.4, 0.5) is 0 Å². The Bertz CT molecular complexity index is 839. The van der Waals surface area contributed by atoms with Crippen LogP contribution in [0.3, 0.4) is 0 Å². The molecule has 0 aliphatic heterocycles. The van der Waals surface area contributed by atoms with E-state index in [2.05, 4.69) is 108 Å². The first-order valence-electron chi connectivity index (χ1n) is 10.3. The van der Waals surface area contributed by atoms with Crippen LogP contribution in [0.1, 0.15) is 52.7 Å². The summed E-state index contributed by atoms with van der Waals surface area (Å²) in [5.74, 6) is 13.0. The second-order valence-corrected chi connectivity index (χ2v) is 19.6. The molecule has 0 N–H and O–H groups in total. The Morgan fingerprint density at radius 3 is 1.61 bits per heavy atom. The van der Waals surface area contributed by atoms with Crippen LogP contribution in [0.2, 0.25) is 36.3 Å². The monoisotopic (exact) mass is 404 g/mol. The van der Waals surface area contributed by atoms with Gasteiger partial charge in [0.1, 0.15) is 16.1 Å². The summed E-state index contributed by atoms with van der Waals surface area (Å²) in [7, 11) is -3.06. The fourth-order valence-electron chi connectivity index (χ4n) is 3.77. The Labute approximate surface area is 176 Å². The molecule has 0 amide bonds. The molecule has 1 aromatic rings. The maximum Gasteiger partial charge on any atom is 0.146 e. The van der Waals surface area contributed by atoms with Crippen molar-refractivity contribution >= 4 is 16.1 Å². The van der Waals surface area contributed by atoms with Crippen LogP contribution in [0.15, 0.2) is 36.4 Å².